The maximum Gasteiger partial charge on any atom is 0.336 e. The fourth-order valence-electron chi connectivity index (χ4n) is 3.14. The van der Waals surface area contributed by atoms with Gasteiger partial charge >= 0.3 is 5.97 Å². The molecule has 0 aromatic heterocycles. The molecular formula is C24H30O2. The van der Waals surface area contributed by atoms with Crippen molar-refractivity contribution in [3.8, 4) is 11.1 Å². The average Bonchev–Trinajstić information content (AvgIpc) is 2.65. The molecule has 0 aliphatic rings. The van der Waals surface area contributed by atoms with E-state index < -0.39 is 5.97 Å². The molecule has 0 unspecified atom stereocenters. The topological polar surface area (TPSA) is 37.3 Å². The van der Waals surface area contributed by atoms with Gasteiger partial charge in [0.15, 0.2) is 0 Å². The van der Waals surface area contributed by atoms with E-state index in [-0.39, 0.29) is 0 Å². The Morgan fingerprint density at radius 2 is 1.73 bits per heavy atom. The average molecular weight is 351 g/mol. The second kappa shape index (κ2) is 10.6. The monoisotopic (exact) mass is 350 g/mol. The normalized spacial score (nSPS) is 11.2. The first-order valence-corrected chi connectivity index (χ1v) is 9.79. The first-order chi connectivity index (χ1) is 12.7. The summed E-state index contributed by atoms with van der Waals surface area (Å²) in [5.41, 5.74) is 4.47. The Bertz CT molecular complexity index is 726. The fraction of sp³-hybridized carbons (Fsp3) is 0.375. The molecule has 0 aliphatic heterocycles. The molecular weight excluding hydrogens is 320 g/mol. The zero-order chi connectivity index (χ0) is 18.8. The van der Waals surface area contributed by atoms with E-state index in [2.05, 4.69) is 38.1 Å². The van der Waals surface area contributed by atoms with Crippen molar-refractivity contribution in [1.82, 2.24) is 0 Å². The van der Waals surface area contributed by atoms with Crippen molar-refractivity contribution in [3.05, 3.63) is 65.2 Å². The van der Waals surface area contributed by atoms with E-state index in [1.165, 1.54) is 31.2 Å². The van der Waals surface area contributed by atoms with Crippen LogP contribution in [0, 0.1) is 0 Å². The molecule has 138 valence electrons. The van der Waals surface area contributed by atoms with Gasteiger partial charge in [-0.3, -0.25) is 0 Å². The minimum absolute atomic E-state index is 0.365. The minimum atomic E-state index is -0.876. The van der Waals surface area contributed by atoms with Crippen LogP contribution in [0.3, 0.4) is 0 Å². The quantitative estimate of drug-likeness (QED) is 0.469. The van der Waals surface area contributed by atoms with Crippen molar-refractivity contribution in [2.75, 3.05) is 0 Å². The molecule has 0 heterocycles. The lowest BCUT2D eigenvalue weighted by Gasteiger charge is -2.09. The zero-order valence-corrected chi connectivity index (χ0v) is 16.0. The highest BCUT2D eigenvalue weighted by molar-refractivity contribution is 5.96. The highest BCUT2D eigenvalue weighted by atomic mass is 16.4. The SMILES string of the molecule is CCCCCC/C=C/c1ccc(-c2cc(CCC)ccc2C(=O)O)cc1. The standard InChI is InChI=1S/C24H30O2/c1-3-5-6-7-8-9-11-19-12-15-21(16-13-19)23-18-20(10-4-2)14-17-22(23)24(25)26/h9,11-18H,3-8,10H2,1-2H3,(H,25,26)/b11-9+. The number of unbranched alkanes of at least 4 members (excludes halogenated alkanes) is 4. The molecule has 0 bridgehead atoms. The number of aryl methyl sites for hydroxylation is 1. The summed E-state index contributed by atoms with van der Waals surface area (Å²) in [6.45, 7) is 4.36. The van der Waals surface area contributed by atoms with Gasteiger partial charge in [-0.1, -0.05) is 88.1 Å². The summed E-state index contributed by atoms with van der Waals surface area (Å²) in [7, 11) is 0. The highest BCUT2D eigenvalue weighted by Crippen LogP contribution is 2.26. The molecule has 0 saturated heterocycles. The van der Waals surface area contributed by atoms with Crippen molar-refractivity contribution in [3.63, 3.8) is 0 Å². The number of benzene rings is 2. The molecule has 1 N–H and O–H groups in total. The molecule has 0 atom stereocenters. The van der Waals surface area contributed by atoms with Gasteiger partial charge in [0.05, 0.1) is 5.56 Å². The predicted octanol–water partition coefficient (Wildman–Crippen LogP) is 6.99. The Morgan fingerprint density at radius 3 is 2.38 bits per heavy atom. The van der Waals surface area contributed by atoms with E-state index in [1.54, 1.807) is 6.07 Å². The lowest BCUT2D eigenvalue weighted by Crippen LogP contribution is -2.00. The van der Waals surface area contributed by atoms with Gasteiger partial charge in [0.2, 0.25) is 0 Å². The second-order valence-corrected chi connectivity index (χ2v) is 6.81. The molecule has 2 heteroatoms. The van der Waals surface area contributed by atoms with E-state index in [0.29, 0.717) is 5.56 Å². The van der Waals surface area contributed by atoms with Gasteiger partial charge in [0, 0.05) is 0 Å². The summed E-state index contributed by atoms with van der Waals surface area (Å²) in [5.74, 6) is -0.876. The fourth-order valence-corrected chi connectivity index (χ4v) is 3.14. The number of carboxylic acid groups (broad SMARTS) is 1. The Balaban J connectivity index is 2.13. The molecule has 2 aromatic carbocycles. The number of hydrogen-bond acceptors (Lipinski definition) is 1. The summed E-state index contributed by atoms with van der Waals surface area (Å²) >= 11 is 0. The molecule has 0 radical (unpaired) electrons. The lowest BCUT2D eigenvalue weighted by molar-refractivity contribution is 0.0697. The maximum atomic E-state index is 11.6. The third-order valence-corrected chi connectivity index (χ3v) is 4.61. The number of rotatable bonds is 10. The third kappa shape index (κ3) is 5.87. The number of hydrogen-bond donors (Lipinski definition) is 1. The molecule has 2 aromatic rings. The van der Waals surface area contributed by atoms with Crippen LogP contribution in [-0.4, -0.2) is 11.1 Å². The van der Waals surface area contributed by atoms with Gasteiger partial charge in [-0.05, 0) is 47.6 Å². The van der Waals surface area contributed by atoms with Crippen LogP contribution in [0.2, 0.25) is 0 Å². The zero-order valence-electron chi connectivity index (χ0n) is 16.0. The summed E-state index contributed by atoms with van der Waals surface area (Å²) in [6, 6.07) is 13.8. The van der Waals surface area contributed by atoms with Crippen molar-refractivity contribution >= 4 is 12.0 Å². The third-order valence-electron chi connectivity index (χ3n) is 4.61. The predicted molar refractivity (Wildman–Crippen MR) is 111 cm³/mol. The van der Waals surface area contributed by atoms with Gasteiger partial charge < -0.3 is 5.11 Å². The van der Waals surface area contributed by atoms with Crippen LogP contribution < -0.4 is 0 Å². The molecule has 26 heavy (non-hydrogen) atoms. The first kappa shape index (κ1) is 20.0. The molecule has 0 saturated carbocycles. The lowest BCUT2D eigenvalue weighted by atomic mass is 9.95. The Hall–Kier alpha value is -2.35. The largest absolute Gasteiger partial charge is 0.478 e. The molecule has 0 aliphatic carbocycles. The van der Waals surface area contributed by atoms with Crippen LogP contribution in [0.1, 0.15) is 73.9 Å². The van der Waals surface area contributed by atoms with Gasteiger partial charge in [-0.25, -0.2) is 4.79 Å². The molecule has 2 rings (SSSR count). The van der Waals surface area contributed by atoms with Crippen molar-refractivity contribution in [1.29, 1.82) is 0 Å². The number of carboxylic acids is 1. The molecule has 2 nitrogen and oxygen atoms in total. The van der Waals surface area contributed by atoms with Crippen LogP contribution >= 0.6 is 0 Å². The van der Waals surface area contributed by atoms with E-state index in [1.807, 2.05) is 24.3 Å². The number of carbonyl (C=O) groups is 1. The first-order valence-electron chi connectivity index (χ1n) is 9.79. The van der Waals surface area contributed by atoms with Crippen LogP contribution in [-0.2, 0) is 6.42 Å². The van der Waals surface area contributed by atoms with E-state index >= 15 is 0 Å². The molecule has 0 amide bonds. The Labute approximate surface area is 157 Å². The van der Waals surface area contributed by atoms with Gasteiger partial charge in [-0.15, -0.1) is 0 Å². The summed E-state index contributed by atoms with van der Waals surface area (Å²) in [6.07, 6.45) is 12.6. The molecule has 0 spiro atoms. The Kier molecular flexibility index (Phi) is 8.14. The van der Waals surface area contributed by atoms with Crippen LogP contribution in [0.5, 0.6) is 0 Å². The van der Waals surface area contributed by atoms with E-state index in [9.17, 15) is 9.90 Å². The van der Waals surface area contributed by atoms with Crippen LogP contribution in [0.4, 0.5) is 0 Å². The number of aromatic carboxylic acids is 1. The van der Waals surface area contributed by atoms with Crippen molar-refractivity contribution < 1.29 is 9.90 Å². The maximum absolute atomic E-state index is 11.6. The van der Waals surface area contributed by atoms with Gasteiger partial charge in [0.1, 0.15) is 0 Å². The Morgan fingerprint density at radius 1 is 0.962 bits per heavy atom. The smallest absolute Gasteiger partial charge is 0.336 e. The van der Waals surface area contributed by atoms with E-state index in [4.69, 9.17) is 0 Å². The van der Waals surface area contributed by atoms with Gasteiger partial charge in [0.25, 0.3) is 0 Å². The van der Waals surface area contributed by atoms with Crippen LogP contribution in [0.25, 0.3) is 17.2 Å². The highest BCUT2D eigenvalue weighted by Gasteiger charge is 2.12. The molecule has 0 fully saturated rings. The summed E-state index contributed by atoms with van der Waals surface area (Å²) < 4.78 is 0. The van der Waals surface area contributed by atoms with Crippen LogP contribution in [0.15, 0.2) is 48.5 Å². The second-order valence-electron chi connectivity index (χ2n) is 6.81. The van der Waals surface area contributed by atoms with Crippen molar-refractivity contribution in [2.24, 2.45) is 0 Å². The number of allylic oxidation sites excluding steroid dienone is 1. The van der Waals surface area contributed by atoms with Gasteiger partial charge in [-0.2, -0.15) is 0 Å². The summed E-state index contributed by atoms with van der Waals surface area (Å²) in [5, 5.41) is 9.50. The minimum Gasteiger partial charge on any atom is -0.478 e. The van der Waals surface area contributed by atoms with Crippen molar-refractivity contribution in [2.45, 2.75) is 58.8 Å². The van der Waals surface area contributed by atoms with E-state index in [0.717, 1.165) is 36.0 Å². The summed E-state index contributed by atoms with van der Waals surface area (Å²) in [4.78, 5) is 11.6.